The first-order chi connectivity index (χ1) is 14.9. The molecule has 2 aromatic carbocycles. The molecule has 0 radical (unpaired) electrons. The second kappa shape index (κ2) is 7.77. The fraction of sp³-hybridized carbons (Fsp3) is 0.423. The Hall–Kier alpha value is -2.60. The van der Waals surface area contributed by atoms with Gasteiger partial charge in [-0.15, -0.1) is 0 Å². The van der Waals surface area contributed by atoms with Crippen molar-refractivity contribution in [1.82, 2.24) is 4.57 Å². The molecule has 4 nitrogen and oxygen atoms in total. The maximum absolute atomic E-state index is 15.1. The molecule has 0 amide bonds. The van der Waals surface area contributed by atoms with Gasteiger partial charge in [-0.3, -0.25) is 9.36 Å². The number of nitrogens with zero attached hydrogens (tertiary/aromatic N) is 1. The van der Waals surface area contributed by atoms with Crippen molar-refractivity contribution in [3.05, 3.63) is 67.4 Å². The highest BCUT2D eigenvalue weighted by Gasteiger charge is 2.37. The van der Waals surface area contributed by atoms with Crippen LogP contribution in [0.4, 0.5) is 4.39 Å². The van der Waals surface area contributed by atoms with E-state index in [2.05, 4.69) is 39.8 Å². The van der Waals surface area contributed by atoms with Gasteiger partial charge in [-0.25, -0.2) is 4.39 Å². The smallest absolute Gasteiger partial charge is 0.310 e. The lowest BCUT2D eigenvalue weighted by Gasteiger charge is -2.42. The Balaban J connectivity index is 1.91. The van der Waals surface area contributed by atoms with E-state index in [0.717, 1.165) is 35.3 Å². The number of fused-ring (bicyclic) bond motifs is 1. The number of thiazole rings is 1. The summed E-state index contributed by atoms with van der Waals surface area (Å²) >= 11 is 0.919. The zero-order valence-corrected chi connectivity index (χ0v) is 20.3. The second-order valence-corrected chi connectivity index (χ2v) is 10.9. The topological polar surface area (TPSA) is 51.5 Å². The number of aryl methyl sites for hydroxylation is 1. The molecule has 170 valence electrons. The van der Waals surface area contributed by atoms with Crippen LogP contribution in [-0.2, 0) is 17.4 Å². The molecule has 1 aliphatic rings. The lowest BCUT2D eigenvalue weighted by molar-refractivity contribution is 0.332. The molecule has 0 spiro atoms. The predicted octanol–water partition coefficient (Wildman–Crippen LogP) is 6.14. The number of ether oxygens (including phenoxy) is 1. The Bertz CT molecular complexity index is 1250. The van der Waals surface area contributed by atoms with Gasteiger partial charge in [0, 0.05) is 5.56 Å². The predicted molar refractivity (Wildman–Crippen MR) is 128 cm³/mol. The van der Waals surface area contributed by atoms with Gasteiger partial charge in [0.2, 0.25) is 5.88 Å². The van der Waals surface area contributed by atoms with Crippen molar-refractivity contribution in [2.75, 3.05) is 7.11 Å². The molecule has 1 N–H and O–H groups in total. The standard InChI is InChI=1S/C26H30FNO3S/c1-15-9-19-20(26(4,5)8-7-25(19,2)3)12-17(15)18-10-16(11-21(27)23(18)31-6)13-28-22(29)14-32-24(28)30/h9-12,14,29H,7-8,13H2,1-6H3. The van der Waals surface area contributed by atoms with Crippen molar-refractivity contribution in [3.8, 4) is 22.8 Å². The lowest BCUT2D eigenvalue weighted by atomic mass is 9.62. The van der Waals surface area contributed by atoms with E-state index in [4.69, 9.17) is 4.74 Å². The van der Waals surface area contributed by atoms with Gasteiger partial charge >= 0.3 is 4.87 Å². The van der Waals surface area contributed by atoms with Crippen molar-refractivity contribution in [2.45, 2.75) is 64.8 Å². The van der Waals surface area contributed by atoms with Crippen molar-refractivity contribution in [1.29, 1.82) is 0 Å². The van der Waals surface area contributed by atoms with Gasteiger partial charge in [0.15, 0.2) is 11.6 Å². The minimum Gasteiger partial charge on any atom is -0.494 e. The van der Waals surface area contributed by atoms with Crippen molar-refractivity contribution >= 4 is 11.3 Å². The van der Waals surface area contributed by atoms with Crippen molar-refractivity contribution in [2.24, 2.45) is 0 Å². The van der Waals surface area contributed by atoms with Crippen molar-refractivity contribution < 1.29 is 14.2 Å². The van der Waals surface area contributed by atoms with Gasteiger partial charge in [-0.2, -0.15) is 0 Å². The summed E-state index contributed by atoms with van der Waals surface area (Å²) in [6.07, 6.45) is 2.21. The molecular formula is C26H30FNO3S. The highest BCUT2D eigenvalue weighted by Crippen LogP contribution is 2.48. The SMILES string of the molecule is COc1c(F)cc(Cn2c(O)csc2=O)cc1-c1cc2c(cc1C)C(C)(C)CCC2(C)C. The van der Waals surface area contributed by atoms with E-state index >= 15 is 4.39 Å². The summed E-state index contributed by atoms with van der Waals surface area (Å²) < 4.78 is 21.8. The third-order valence-corrected chi connectivity index (χ3v) is 7.65. The Labute approximate surface area is 192 Å². The number of rotatable bonds is 4. The quantitative estimate of drug-likeness (QED) is 0.514. The van der Waals surface area contributed by atoms with Crippen LogP contribution in [-0.4, -0.2) is 16.8 Å². The number of hydrogen-bond donors (Lipinski definition) is 1. The molecule has 4 rings (SSSR count). The summed E-state index contributed by atoms with van der Waals surface area (Å²) in [6, 6.07) is 7.67. The summed E-state index contributed by atoms with van der Waals surface area (Å²) in [5.74, 6) is -0.419. The first-order valence-electron chi connectivity index (χ1n) is 10.8. The van der Waals surface area contributed by atoms with Crippen molar-refractivity contribution in [3.63, 3.8) is 0 Å². The molecule has 32 heavy (non-hydrogen) atoms. The molecule has 0 saturated carbocycles. The number of benzene rings is 2. The fourth-order valence-electron chi connectivity index (χ4n) is 4.81. The van der Waals surface area contributed by atoms with Gasteiger partial charge in [0.25, 0.3) is 0 Å². The summed E-state index contributed by atoms with van der Waals surface area (Å²) in [5.41, 5.74) is 5.97. The van der Waals surface area contributed by atoms with Crippen LogP contribution in [0.25, 0.3) is 11.1 Å². The van der Waals surface area contributed by atoms with Gasteiger partial charge in [-0.1, -0.05) is 45.1 Å². The normalized spacial score (nSPS) is 16.6. The lowest BCUT2D eigenvalue weighted by Crippen LogP contribution is -2.34. The van der Waals surface area contributed by atoms with E-state index < -0.39 is 5.82 Å². The molecule has 0 saturated heterocycles. The first kappa shape index (κ1) is 22.6. The first-order valence-corrected chi connectivity index (χ1v) is 11.7. The molecule has 0 bridgehead atoms. The largest absolute Gasteiger partial charge is 0.494 e. The van der Waals surface area contributed by atoms with Crippen LogP contribution in [0.15, 0.2) is 34.4 Å². The Morgan fingerprint density at radius 1 is 1.06 bits per heavy atom. The van der Waals surface area contributed by atoms with Crippen LogP contribution >= 0.6 is 11.3 Å². The van der Waals surface area contributed by atoms with E-state index in [-0.39, 0.29) is 33.9 Å². The molecule has 3 aromatic rings. The van der Waals surface area contributed by atoms with Crippen LogP contribution in [0.1, 0.15) is 62.8 Å². The third kappa shape index (κ3) is 3.75. The molecule has 1 heterocycles. The summed E-state index contributed by atoms with van der Waals surface area (Å²) in [5, 5.41) is 11.4. The summed E-state index contributed by atoms with van der Waals surface area (Å²) in [6.45, 7) is 11.2. The minimum atomic E-state index is -0.487. The second-order valence-electron chi connectivity index (χ2n) is 10.1. The average molecular weight is 456 g/mol. The Kier molecular flexibility index (Phi) is 5.48. The maximum Gasteiger partial charge on any atom is 0.310 e. The number of methoxy groups -OCH3 is 1. The van der Waals surface area contributed by atoms with Crippen LogP contribution in [0.5, 0.6) is 11.6 Å². The zero-order valence-electron chi connectivity index (χ0n) is 19.5. The maximum atomic E-state index is 15.1. The van der Waals surface area contributed by atoms with E-state index in [0.29, 0.717) is 11.1 Å². The molecule has 0 atom stereocenters. The van der Waals surface area contributed by atoms with E-state index in [1.54, 1.807) is 0 Å². The molecule has 0 aliphatic heterocycles. The third-order valence-electron chi connectivity index (χ3n) is 6.90. The highest BCUT2D eigenvalue weighted by molar-refractivity contribution is 7.07. The number of halogens is 1. The summed E-state index contributed by atoms with van der Waals surface area (Å²) in [7, 11) is 1.47. The van der Waals surface area contributed by atoms with Gasteiger partial charge < -0.3 is 9.84 Å². The van der Waals surface area contributed by atoms with Crippen LogP contribution < -0.4 is 9.61 Å². The Morgan fingerprint density at radius 3 is 2.25 bits per heavy atom. The average Bonchev–Trinajstić information content (AvgIpc) is 3.03. The van der Waals surface area contributed by atoms with E-state index in [9.17, 15) is 9.90 Å². The summed E-state index contributed by atoms with van der Waals surface area (Å²) in [4.78, 5) is 11.8. The fourth-order valence-corrected chi connectivity index (χ4v) is 5.43. The van der Waals surface area contributed by atoms with Gasteiger partial charge in [0.05, 0.1) is 19.0 Å². The highest BCUT2D eigenvalue weighted by atomic mass is 32.1. The van der Waals surface area contributed by atoms with Crippen LogP contribution in [0, 0.1) is 12.7 Å². The molecule has 1 aliphatic carbocycles. The number of aromatic nitrogens is 1. The molecular weight excluding hydrogens is 425 g/mol. The van der Waals surface area contributed by atoms with Gasteiger partial charge in [0.1, 0.15) is 0 Å². The molecule has 0 unspecified atom stereocenters. The zero-order chi connectivity index (χ0) is 23.4. The Morgan fingerprint density at radius 2 is 1.69 bits per heavy atom. The minimum absolute atomic E-state index is 0.0203. The van der Waals surface area contributed by atoms with Crippen LogP contribution in [0.2, 0.25) is 0 Å². The van der Waals surface area contributed by atoms with E-state index in [1.165, 1.54) is 34.3 Å². The monoisotopic (exact) mass is 455 g/mol. The molecule has 1 aromatic heterocycles. The molecule has 0 fully saturated rings. The number of aromatic hydroxyl groups is 1. The van der Waals surface area contributed by atoms with E-state index in [1.807, 2.05) is 13.0 Å². The van der Waals surface area contributed by atoms with Crippen LogP contribution in [0.3, 0.4) is 0 Å². The van der Waals surface area contributed by atoms with Gasteiger partial charge in [-0.05, 0) is 76.6 Å². The molecule has 6 heteroatoms. The number of hydrogen-bond acceptors (Lipinski definition) is 4.